The van der Waals surface area contributed by atoms with Crippen LogP contribution in [-0.2, 0) is 6.18 Å². The minimum atomic E-state index is -4.69. The number of nitrogens with zero attached hydrogens (tertiary/aromatic N) is 2. The Hall–Kier alpha value is -2.48. The van der Waals surface area contributed by atoms with E-state index in [-0.39, 0.29) is 21.9 Å². The predicted molar refractivity (Wildman–Crippen MR) is 90.6 cm³/mol. The number of hydrogen-bond acceptors (Lipinski definition) is 4. The van der Waals surface area contributed by atoms with Crippen LogP contribution < -0.4 is 0 Å². The molecule has 0 amide bonds. The van der Waals surface area contributed by atoms with Gasteiger partial charge in [0.25, 0.3) is 0 Å². The number of halogens is 4. The molecule has 3 nitrogen and oxygen atoms in total. The molecule has 0 spiro atoms. The molecule has 1 atom stereocenters. The van der Waals surface area contributed by atoms with Crippen LogP contribution in [0.2, 0.25) is 0 Å². The van der Waals surface area contributed by atoms with E-state index < -0.39 is 23.1 Å². The third kappa shape index (κ3) is 3.85. The smallest absolute Gasteiger partial charge is 0.293 e. The van der Waals surface area contributed by atoms with Crippen LogP contribution in [0.5, 0.6) is 0 Å². The Bertz CT molecular complexity index is 958. The normalized spacial score (nSPS) is 13.0. The molecule has 3 aromatic rings. The molecule has 8 heteroatoms. The molecule has 134 valence electrons. The van der Waals surface area contributed by atoms with E-state index in [0.29, 0.717) is 5.39 Å². The van der Waals surface area contributed by atoms with Gasteiger partial charge in [-0.05, 0) is 37.3 Å². The second-order valence-electron chi connectivity index (χ2n) is 5.50. The quantitative estimate of drug-likeness (QED) is 0.272. The van der Waals surface area contributed by atoms with Crippen molar-refractivity contribution >= 4 is 28.4 Å². The number of hydrogen-bond donors (Lipinski definition) is 0. The predicted octanol–water partition coefficient (Wildman–Crippen LogP) is 5.15. The van der Waals surface area contributed by atoms with Crippen LogP contribution in [-0.4, -0.2) is 21.0 Å². The number of thioether (sulfide) groups is 1. The highest BCUT2D eigenvalue weighted by atomic mass is 32.2. The first kappa shape index (κ1) is 18.3. The van der Waals surface area contributed by atoms with E-state index >= 15 is 0 Å². The summed E-state index contributed by atoms with van der Waals surface area (Å²) in [4.78, 5) is 19.6. The van der Waals surface area contributed by atoms with E-state index in [1.165, 1.54) is 18.2 Å². The summed E-state index contributed by atoms with van der Waals surface area (Å²) < 4.78 is 52.2. The van der Waals surface area contributed by atoms with Gasteiger partial charge in [0.05, 0.1) is 10.8 Å². The number of carbonyl (C=O) groups is 1. The van der Waals surface area contributed by atoms with Crippen LogP contribution in [0, 0.1) is 5.82 Å². The van der Waals surface area contributed by atoms with E-state index in [4.69, 9.17) is 0 Å². The number of aromatic nitrogens is 2. The molecule has 0 aliphatic heterocycles. The Morgan fingerprint density at radius 2 is 1.69 bits per heavy atom. The number of fused-ring (bicyclic) bond motifs is 1. The topological polar surface area (TPSA) is 42.9 Å². The fraction of sp³-hybridized carbons (Fsp3) is 0.167. The number of para-hydroxylation sites is 1. The maximum absolute atomic E-state index is 13.1. The summed E-state index contributed by atoms with van der Waals surface area (Å²) in [5.74, 6) is -2.05. The highest BCUT2D eigenvalue weighted by Crippen LogP contribution is 2.34. The van der Waals surface area contributed by atoms with Gasteiger partial charge in [-0.15, -0.1) is 0 Å². The Morgan fingerprint density at radius 3 is 2.35 bits per heavy atom. The number of Topliss-reactive ketones (excluding diaryl/α,β-unsaturated/α-hetero) is 1. The SMILES string of the molecule is C[C@@H](Sc1nc(C(F)(F)F)nc2ccccc12)C(=O)c1ccc(F)cc1. The molecule has 0 saturated heterocycles. The van der Waals surface area contributed by atoms with Crippen LogP contribution in [0.15, 0.2) is 53.6 Å². The van der Waals surface area contributed by atoms with Crippen LogP contribution >= 0.6 is 11.8 Å². The molecule has 2 aromatic carbocycles. The summed E-state index contributed by atoms with van der Waals surface area (Å²) >= 11 is 0.916. The van der Waals surface area contributed by atoms with Gasteiger partial charge >= 0.3 is 6.18 Å². The zero-order chi connectivity index (χ0) is 18.9. The van der Waals surface area contributed by atoms with Gasteiger partial charge in [0.15, 0.2) is 5.78 Å². The maximum Gasteiger partial charge on any atom is 0.451 e. The Morgan fingerprint density at radius 1 is 1.04 bits per heavy atom. The van der Waals surface area contributed by atoms with Crippen molar-refractivity contribution in [3.8, 4) is 0 Å². The number of ketones is 1. The minimum absolute atomic E-state index is 0.0749. The van der Waals surface area contributed by atoms with Gasteiger partial charge in [-0.2, -0.15) is 13.2 Å². The van der Waals surface area contributed by atoms with E-state index in [1.807, 2.05) is 0 Å². The van der Waals surface area contributed by atoms with Crippen LogP contribution in [0.1, 0.15) is 23.1 Å². The van der Waals surface area contributed by atoms with Crippen LogP contribution in [0.3, 0.4) is 0 Å². The fourth-order valence-electron chi connectivity index (χ4n) is 2.33. The Labute approximate surface area is 150 Å². The molecule has 0 aliphatic rings. The van der Waals surface area contributed by atoms with E-state index in [0.717, 1.165) is 23.9 Å². The third-order valence-electron chi connectivity index (χ3n) is 3.61. The Balaban J connectivity index is 1.96. The number of benzene rings is 2. The fourth-order valence-corrected chi connectivity index (χ4v) is 3.35. The van der Waals surface area contributed by atoms with Crippen molar-refractivity contribution in [2.24, 2.45) is 0 Å². The van der Waals surface area contributed by atoms with E-state index in [1.54, 1.807) is 25.1 Å². The summed E-state index contributed by atoms with van der Waals surface area (Å²) in [7, 11) is 0. The van der Waals surface area contributed by atoms with Gasteiger partial charge in [0.1, 0.15) is 10.8 Å². The molecule has 0 aliphatic carbocycles. The molecule has 0 bridgehead atoms. The standard InChI is InChI=1S/C18H12F4N2OS/c1-10(15(25)11-6-8-12(19)9-7-11)26-16-13-4-2-3-5-14(13)23-17(24-16)18(20,21)22/h2-10H,1H3/t10-/m1/s1. The first-order chi connectivity index (χ1) is 12.3. The molecule has 0 radical (unpaired) electrons. The lowest BCUT2D eigenvalue weighted by Crippen LogP contribution is -2.16. The number of alkyl halides is 3. The van der Waals surface area contributed by atoms with Crippen molar-refractivity contribution in [3.05, 3.63) is 65.7 Å². The van der Waals surface area contributed by atoms with Crippen LogP contribution in [0.4, 0.5) is 17.6 Å². The summed E-state index contributed by atoms with van der Waals surface area (Å²) in [6.45, 7) is 1.57. The molecule has 1 aromatic heterocycles. The average Bonchev–Trinajstić information content (AvgIpc) is 2.61. The largest absolute Gasteiger partial charge is 0.451 e. The second-order valence-corrected chi connectivity index (χ2v) is 6.83. The highest BCUT2D eigenvalue weighted by Gasteiger charge is 2.36. The Kier molecular flexibility index (Phi) is 4.95. The molecule has 0 fully saturated rings. The lowest BCUT2D eigenvalue weighted by Gasteiger charge is -2.13. The van der Waals surface area contributed by atoms with Crippen molar-refractivity contribution in [2.45, 2.75) is 23.4 Å². The van der Waals surface area contributed by atoms with Gasteiger partial charge in [-0.25, -0.2) is 14.4 Å². The van der Waals surface area contributed by atoms with Crippen molar-refractivity contribution in [1.29, 1.82) is 0 Å². The second kappa shape index (κ2) is 7.03. The van der Waals surface area contributed by atoms with Crippen molar-refractivity contribution < 1.29 is 22.4 Å². The molecule has 0 unspecified atom stereocenters. The van der Waals surface area contributed by atoms with Crippen LogP contribution in [0.25, 0.3) is 10.9 Å². The zero-order valence-corrected chi connectivity index (χ0v) is 14.2. The lowest BCUT2D eigenvalue weighted by molar-refractivity contribution is -0.145. The van der Waals surface area contributed by atoms with Gasteiger partial charge < -0.3 is 0 Å². The molecule has 26 heavy (non-hydrogen) atoms. The first-order valence-corrected chi connectivity index (χ1v) is 8.44. The van der Waals surface area contributed by atoms with Gasteiger partial charge in [0, 0.05) is 10.9 Å². The molecule has 0 N–H and O–H groups in total. The lowest BCUT2D eigenvalue weighted by atomic mass is 10.1. The summed E-state index contributed by atoms with van der Waals surface area (Å²) in [6.07, 6.45) is -4.69. The van der Waals surface area contributed by atoms with Crippen molar-refractivity contribution in [1.82, 2.24) is 9.97 Å². The maximum atomic E-state index is 13.1. The van der Waals surface area contributed by atoms with Crippen molar-refractivity contribution in [3.63, 3.8) is 0 Å². The zero-order valence-electron chi connectivity index (χ0n) is 13.4. The van der Waals surface area contributed by atoms with Gasteiger partial charge in [-0.3, -0.25) is 4.79 Å². The minimum Gasteiger partial charge on any atom is -0.293 e. The van der Waals surface area contributed by atoms with Gasteiger partial charge in [0.2, 0.25) is 5.82 Å². The average molecular weight is 380 g/mol. The third-order valence-corrected chi connectivity index (χ3v) is 4.71. The van der Waals surface area contributed by atoms with E-state index in [9.17, 15) is 22.4 Å². The summed E-state index contributed by atoms with van der Waals surface area (Å²) in [5, 5.41) is -0.199. The first-order valence-electron chi connectivity index (χ1n) is 7.56. The molecule has 3 rings (SSSR count). The van der Waals surface area contributed by atoms with Gasteiger partial charge in [-0.1, -0.05) is 30.0 Å². The molecule has 0 saturated carbocycles. The van der Waals surface area contributed by atoms with Crippen molar-refractivity contribution in [2.75, 3.05) is 0 Å². The molecule has 1 heterocycles. The highest BCUT2D eigenvalue weighted by molar-refractivity contribution is 8.00. The summed E-state index contributed by atoms with van der Waals surface area (Å²) in [6, 6.07) is 11.3. The molecular weight excluding hydrogens is 368 g/mol. The van der Waals surface area contributed by atoms with E-state index in [2.05, 4.69) is 9.97 Å². The molecular formula is C18H12F4N2OS. The monoisotopic (exact) mass is 380 g/mol. The summed E-state index contributed by atoms with van der Waals surface area (Å²) in [5.41, 5.74) is 0.430. The number of rotatable bonds is 4. The number of carbonyl (C=O) groups excluding carboxylic acids is 1.